The molecule has 3 aromatic rings. The summed E-state index contributed by atoms with van der Waals surface area (Å²) in [4.78, 5) is 0. The summed E-state index contributed by atoms with van der Waals surface area (Å²) >= 11 is 5.60. The van der Waals surface area contributed by atoms with Gasteiger partial charge in [-0.1, -0.05) is 104 Å². The van der Waals surface area contributed by atoms with Crippen molar-refractivity contribution < 1.29 is 33.8 Å². The van der Waals surface area contributed by atoms with Crippen molar-refractivity contribution in [1.29, 1.82) is 0 Å². The molecule has 0 amide bonds. The standard InChI is InChI=1S/C12H18N.C11H18N.C9H9Cl.2ClH/c1-5-11-6-8-12(9-7-11)10-13(2,3)4;1-10-5-7-11(8-6-10)9-12(2,3)4;1-2-8-3-5-9(7-10)6-4-8;;/h5-9H,1,10H2,2-4H3;5-8H,9H2,1-4H3;2-6H,1,7H2;2*1H/q2*+1;;;/p-2. The first-order chi connectivity index (χ1) is 16.3. The van der Waals surface area contributed by atoms with Crippen molar-refractivity contribution in [3.8, 4) is 0 Å². The van der Waals surface area contributed by atoms with Crippen LogP contribution in [0.5, 0.6) is 0 Å². The number of alkyl halides is 1. The Balaban J connectivity index is 0. The molecule has 5 heteroatoms. The molecule has 0 fully saturated rings. The highest BCUT2D eigenvalue weighted by atomic mass is 35.5. The van der Waals surface area contributed by atoms with Gasteiger partial charge >= 0.3 is 0 Å². The van der Waals surface area contributed by atoms with Crippen LogP contribution in [0, 0.1) is 6.92 Å². The maximum Gasteiger partial charge on any atom is 0.104 e. The fourth-order valence-corrected chi connectivity index (χ4v) is 3.47. The zero-order chi connectivity index (χ0) is 26.5. The van der Waals surface area contributed by atoms with Crippen molar-refractivity contribution in [2.24, 2.45) is 0 Å². The Labute approximate surface area is 244 Å². The Bertz CT molecular complexity index is 1010. The van der Waals surface area contributed by atoms with Crippen LogP contribution in [-0.4, -0.2) is 51.3 Å². The molecule has 0 heterocycles. The summed E-state index contributed by atoms with van der Waals surface area (Å²) in [6.45, 7) is 11.7. The topological polar surface area (TPSA) is 0 Å². The number of benzene rings is 3. The summed E-state index contributed by atoms with van der Waals surface area (Å²) in [7, 11) is 13.2. The Morgan fingerprint density at radius 2 is 0.865 bits per heavy atom. The van der Waals surface area contributed by atoms with Crippen LogP contribution in [-0.2, 0) is 19.0 Å². The van der Waals surface area contributed by atoms with E-state index in [0.29, 0.717) is 5.88 Å². The number of hydrogen-bond donors (Lipinski definition) is 0. The SMILES string of the molecule is C=Cc1ccc(CCl)cc1.C=Cc1ccc(C[N+](C)(C)C)cc1.Cc1ccc(C[N+](C)(C)C)cc1.[Cl-].[Cl-]. The Morgan fingerprint density at radius 3 is 1.14 bits per heavy atom. The molecule has 2 nitrogen and oxygen atoms in total. The molecule has 37 heavy (non-hydrogen) atoms. The second-order valence-electron chi connectivity index (χ2n) is 10.9. The van der Waals surface area contributed by atoms with Gasteiger partial charge in [-0.2, -0.15) is 0 Å². The predicted molar refractivity (Wildman–Crippen MR) is 157 cm³/mol. The molecule has 3 rings (SSSR count). The van der Waals surface area contributed by atoms with E-state index in [2.05, 4.69) is 111 Å². The highest BCUT2D eigenvalue weighted by Crippen LogP contribution is 2.10. The van der Waals surface area contributed by atoms with Gasteiger partial charge in [0.25, 0.3) is 0 Å². The molecule has 0 bridgehead atoms. The predicted octanol–water partition coefficient (Wildman–Crippen LogP) is 1.81. The maximum atomic E-state index is 5.60. The lowest BCUT2D eigenvalue weighted by molar-refractivity contribution is -0.884. The lowest BCUT2D eigenvalue weighted by Crippen LogP contribution is -3.00. The smallest absolute Gasteiger partial charge is 0.104 e. The monoisotopic (exact) mass is 562 g/mol. The molecule has 0 spiro atoms. The fourth-order valence-electron chi connectivity index (χ4n) is 3.29. The van der Waals surface area contributed by atoms with E-state index in [9.17, 15) is 0 Å². The van der Waals surface area contributed by atoms with Gasteiger partial charge in [0.05, 0.1) is 42.3 Å². The number of quaternary nitrogens is 2. The highest BCUT2D eigenvalue weighted by Gasteiger charge is 2.08. The van der Waals surface area contributed by atoms with Crippen LogP contribution in [0.3, 0.4) is 0 Å². The van der Waals surface area contributed by atoms with Gasteiger partial charge < -0.3 is 33.8 Å². The molecular formula is C32H45Cl3N2. The van der Waals surface area contributed by atoms with Crippen LogP contribution < -0.4 is 24.8 Å². The molecule has 0 aliphatic heterocycles. The number of aryl methyl sites for hydroxylation is 1. The quantitative estimate of drug-likeness (QED) is 0.304. The van der Waals surface area contributed by atoms with Gasteiger partial charge in [-0.25, -0.2) is 0 Å². The maximum absolute atomic E-state index is 5.60. The molecular weight excluding hydrogens is 519 g/mol. The van der Waals surface area contributed by atoms with E-state index in [4.69, 9.17) is 11.6 Å². The summed E-state index contributed by atoms with van der Waals surface area (Å²) in [6.07, 6.45) is 3.69. The summed E-state index contributed by atoms with van der Waals surface area (Å²) in [5.74, 6) is 0.581. The minimum Gasteiger partial charge on any atom is -1.00 e. The molecule has 0 unspecified atom stereocenters. The number of rotatable bonds is 7. The lowest BCUT2D eigenvalue weighted by Gasteiger charge is -2.23. The zero-order valence-corrected chi connectivity index (χ0v) is 25.9. The number of nitrogens with zero attached hydrogens (tertiary/aromatic N) is 2. The third-order valence-electron chi connectivity index (χ3n) is 5.02. The van der Waals surface area contributed by atoms with Crippen molar-refractivity contribution in [1.82, 2.24) is 0 Å². The summed E-state index contributed by atoms with van der Waals surface area (Å²) in [6, 6.07) is 25.3. The van der Waals surface area contributed by atoms with Crippen molar-refractivity contribution in [2.75, 3.05) is 42.3 Å². The Kier molecular flexibility index (Phi) is 18.3. The van der Waals surface area contributed by atoms with Crippen LogP contribution in [0.15, 0.2) is 86.0 Å². The minimum absolute atomic E-state index is 0. The average Bonchev–Trinajstić information content (AvgIpc) is 2.80. The molecule has 204 valence electrons. The third-order valence-corrected chi connectivity index (χ3v) is 5.33. The van der Waals surface area contributed by atoms with Gasteiger partial charge in [0.2, 0.25) is 0 Å². The number of halogens is 3. The molecule has 0 saturated carbocycles. The normalized spacial score (nSPS) is 10.3. The van der Waals surface area contributed by atoms with Crippen molar-refractivity contribution in [3.63, 3.8) is 0 Å². The van der Waals surface area contributed by atoms with Gasteiger partial charge in [0, 0.05) is 17.0 Å². The Hall–Kier alpha value is -2.07. The molecule has 3 aromatic carbocycles. The number of hydrogen-bond acceptors (Lipinski definition) is 0. The second kappa shape index (κ2) is 18.2. The van der Waals surface area contributed by atoms with E-state index in [-0.39, 0.29) is 24.8 Å². The van der Waals surface area contributed by atoms with Crippen LogP contribution in [0.25, 0.3) is 12.2 Å². The highest BCUT2D eigenvalue weighted by molar-refractivity contribution is 6.17. The van der Waals surface area contributed by atoms with Gasteiger partial charge in [0.1, 0.15) is 13.1 Å². The van der Waals surface area contributed by atoms with E-state index in [1.807, 2.05) is 36.4 Å². The van der Waals surface area contributed by atoms with E-state index >= 15 is 0 Å². The zero-order valence-electron chi connectivity index (χ0n) is 23.6. The largest absolute Gasteiger partial charge is 1.00 e. The molecule has 0 saturated heterocycles. The summed E-state index contributed by atoms with van der Waals surface area (Å²) in [5.41, 5.74) is 7.58. The van der Waals surface area contributed by atoms with Gasteiger partial charge in [0.15, 0.2) is 0 Å². The van der Waals surface area contributed by atoms with Crippen molar-refractivity contribution >= 4 is 23.8 Å². The molecule has 0 radical (unpaired) electrons. The van der Waals surface area contributed by atoms with E-state index in [0.717, 1.165) is 33.2 Å². The molecule has 0 aromatic heterocycles. The first-order valence-electron chi connectivity index (χ1n) is 12.0. The van der Waals surface area contributed by atoms with Gasteiger partial charge in [-0.05, 0) is 23.6 Å². The molecule has 0 aliphatic rings. The van der Waals surface area contributed by atoms with E-state index in [1.54, 1.807) is 0 Å². The van der Waals surface area contributed by atoms with Crippen LogP contribution in [0.4, 0.5) is 0 Å². The van der Waals surface area contributed by atoms with E-state index < -0.39 is 0 Å². The lowest BCUT2D eigenvalue weighted by atomic mass is 10.1. The third kappa shape index (κ3) is 17.9. The average molecular weight is 564 g/mol. The van der Waals surface area contributed by atoms with Crippen molar-refractivity contribution in [3.05, 3.63) is 119 Å². The van der Waals surface area contributed by atoms with Crippen LogP contribution in [0.1, 0.15) is 33.4 Å². The molecule has 0 N–H and O–H groups in total. The minimum atomic E-state index is 0. The molecule has 0 atom stereocenters. The summed E-state index contributed by atoms with van der Waals surface area (Å²) < 4.78 is 1.95. The fraction of sp³-hybridized carbons (Fsp3) is 0.312. The first-order valence-corrected chi connectivity index (χ1v) is 12.5. The molecule has 0 aliphatic carbocycles. The van der Waals surface area contributed by atoms with Gasteiger partial charge in [-0.15, -0.1) is 11.6 Å². The first kappa shape index (κ1) is 37.1. The Morgan fingerprint density at radius 1 is 0.568 bits per heavy atom. The second-order valence-corrected chi connectivity index (χ2v) is 11.2. The van der Waals surface area contributed by atoms with Crippen LogP contribution >= 0.6 is 11.6 Å². The van der Waals surface area contributed by atoms with Crippen molar-refractivity contribution in [2.45, 2.75) is 25.9 Å². The van der Waals surface area contributed by atoms with E-state index in [1.165, 1.54) is 22.3 Å². The van der Waals surface area contributed by atoms with Crippen LogP contribution in [0.2, 0.25) is 0 Å². The van der Waals surface area contributed by atoms with Gasteiger partial charge in [-0.3, -0.25) is 0 Å². The summed E-state index contributed by atoms with van der Waals surface area (Å²) in [5, 5.41) is 0.